The van der Waals surface area contributed by atoms with E-state index in [1.807, 2.05) is 0 Å². The zero-order chi connectivity index (χ0) is 13.0. The lowest BCUT2D eigenvalue weighted by molar-refractivity contribution is 0.0787. The summed E-state index contributed by atoms with van der Waals surface area (Å²) in [4.78, 5) is 13.4. The number of halogens is 2. The maximum Gasteiger partial charge on any atom is 0.254 e. The molecule has 1 amide bonds. The van der Waals surface area contributed by atoms with Gasteiger partial charge in [0.05, 0.1) is 11.5 Å². The Morgan fingerprint density at radius 3 is 2.53 bits per heavy atom. The third-order valence-corrected chi connectivity index (χ3v) is 2.31. The molecular weight excluding hydrogens is 246 g/mol. The van der Waals surface area contributed by atoms with Gasteiger partial charge in [-0.2, -0.15) is 0 Å². The number of rotatable bonds is 4. The van der Waals surface area contributed by atoms with E-state index in [9.17, 15) is 13.6 Å². The Hall–Kier alpha value is -1.56. The maximum absolute atomic E-state index is 13.0. The number of carbonyl (C=O) groups is 1. The van der Waals surface area contributed by atoms with Gasteiger partial charge in [-0.05, 0) is 25.1 Å². The highest BCUT2D eigenvalue weighted by Crippen LogP contribution is 2.11. The van der Waals surface area contributed by atoms with Gasteiger partial charge in [0, 0.05) is 12.1 Å². The molecule has 0 saturated heterocycles. The Labute approximate surface area is 103 Å². The first-order chi connectivity index (χ1) is 7.95. The molecule has 3 nitrogen and oxygen atoms in total. The molecule has 0 fully saturated rings. The van der Waals surface area contributed by atoms with Crippen molar-refractivity contribution in [2.75, 3.05) is 13.1 Å². The molecule has 17 heavy (non-hydrogen) atoms. The normalized spacial score (nSPS) is 10.1. The summed E-state index contributed by atoms with van der Waals surface area (Å²) < 4.78 is 25.7. The fourth-order valence-electron chi connectivity index (χ4n) is 1.33. The topological polar surface area (TPSA) is 46.3 Å². The monoisotopic (exact) mass is 258 g/mol. The third kappa shape index (κ3) is 3.45. The number of benzene rings is 1. The summed E-state index contributed by atoms with van der Waals surface area (Å²) in [6.07, 6.45) is 0. The summed E-state index contributed by atoms with van der Waals surface area (Å²) in [6.45, 7) is 2.24. The van der Waals surface area contributed by atoms with Crippen LogP contribution in [0.4, 0.5) is 8.78 Å². The fraction of sp³-hybridized carbons (Fsp3) is 0.273. The van der Waals surface area contributed by atoms with Gasteiger partial charge in [0.25, 0.3) is 5.91 Å². The number of thiocarbonyl (C=S) groups is 1. The van der Waals surface area contributed by atoms with Crippen LogP contribution in [-0.4, -0.2) is 28.9 Å². The molecule has 0 aliphatic rings. The number of hydrogen-bond acceptors (Lipinski definition) is 2. The van der Waals surface area contributed by atoms with E-state index >= 15 is 0 Å². The lowest BCUT2D eigenvalue weighted by Crippen LogP contribution is -2.37. The summed E-state index contributed by atoms with van der Waals surface area (Å²) in [7, 11) is 0. The van der Waals surface area contributed by atoms with Gasteiger partial charge in [0.15, 0.2) is 11.6 Å². The van der Waals surface area contributed by atoms with Crippen LogP contribution in [0, 0.1) is 11.6 Å². The average molecular weight is 258 g/mol. The van der Waals surface area contributed by atoms with Crippen LogP contribution >= 0.6 is 12.2 Å². The van der Waals surface area contributed by atoms with Crippen molar-refractivity contribution >= 4 is 23.1 Å². The summed E-state index contributed by atoms with van der Waals surface area (Å²) in [6, 6.07) is 3.00. The standard InChI is InChI=1S/C11H12F2N2OS/c1-2-15(6-10(14)17)11(16)7-3-4-8(12)9(13)5-7/h3-5H,2,6H2,1H3,(H2,14,17). The molecule has 0 bridgehead atoms. The average Bonchev–Trinajstić information content (AvgIpc) is 2.28. The van der Waals surface area contributed by atoms with Crippen LogP contribution in [0.15, 0.2) is 18.2 Å². The van der Waals surface area contributed by atoms with E-state index in [-0.39, 0.29) is 17.1 Å². The van der Waals surface area contributed by atoms with E-state index in [4.69, 9.17) is 18.0 Å². The highest BCUT2D eigenvalue weighted by molar-refractivity contribution is 7.80. The van der Waals surface area contributed by atoms with Crippen LogP contribution in [0.1, 0.15) is 17.3 Å². The fourth-order valence-corrected chi connectivity index (χ4v) is 1.48. The minimum atomic E-state index is -1.05. The lowest BCUT2D eigenvalue weighted by atomic mass is 10.2. The first kappa shape index (κ1) is 13.5. The lowest BCUT2D eigenvalue weighted by Gasteiger charge is -2.20. The molecule has 1 rings (SSSR count). The highest BCUT2D eigenvalue weighted by Gasteiger charge is 2.16. The Kier molecular flexibility index (Phi) is 4.51. The number of carbonyl (C=O) groups excluding carboxylic acids is 1. The van der Waals surface area contributed by atoms with Gasteiger partial charge in [-0.1, -0.05) is 12.2 Å². The maximum atomic E-state index is 13.0. The van der Waals surface area contributed by atoms with Gasteiger partial charge in [0.1, 0.15) is 0 Å². The predicted octanol–water partition coefficient (Wildman–Crippen LogP) is 1.71. The Balaban J connectivity index is 2.93. The summed E-state index contributed by atoms with van der Waals surface area (Å²) in [5.74, 6) is -2.47. The molecule has 1 aromatic rings. The van der Waals surface area contributed by atoms with E-state index in [1.54, 1.807) is 6.92 Å². The van der Waals surface area contributed by atoms with Crippen LogP contribution in [0.2, 0.25) is 0 Å². The second-order valence-corrected chi connectivity index (χ2v) is 3.94. The molecule has 2 N–H and O–H groups in total. The molecule has 0 radical (unpaired) electrons. The molecular formula is C11H12F2N2OS. The van der Waals surface area contributed by atoms with Crippen LogP contribution in [0.5, 0.6) is 0 Å². The second kappa shape index (κ2) is 5.67. The minimum Gasteiger partial charge on any atom is -0.392 e. The molecule has 0 spiro atoms. The molecule has 0 atom stereocenters. The molecule has 6 heteroatoms. The molecule has 92 valence electrons. The van der Waals surface area contributed by atoms with Gasteiger partial charge in [-0.3, -0.25) is 4.79 Å². The highest BCUT2D eigenvalue weighted by atomic mass is 32.1. The SMILES string of the molecule is CCN(CC(N)=S)C(=O)c1ccc(F)c(F)c1. The van der Waals surface area contributed by atoms with Crippen molar-refractivity contribution in [1.29, 1.82) is 0 Å². The number of likely N-dealkylation sites (N-methyl/N-ethyl adjacent to an activating group) is 1. The van der Waals surface area contributed by atoms with Crippen molar-refractivity contribution in [3.63, 3.8) is 0 Å². The van der Waals surface area contributed by atoms with Gasteiger partial charge in [-0.15, -0.1) is 0 Å². The summed E-state index contributed by atoms with van der Waals surface area (Å²) in [5, 5.41) is 0. The first-order valence-electron chi connectivity index (χ1n) is 4.98. The van der Waals surface area contributed by atoms with Crippen LogP contribution in [-0.2, 0) is 0 Å². The molecule has 0 unspecified atom stereocenters. The zero-order valence-corrected chi connectivity index (χ0v) is 10.1. The van der Waals surface area contributed by atoms with Crippen LogP contribution in [0.25, 0.3) is 0 Å². The van der Waals surface area contributed by atoms with Crippen LogP contribution in [0.3, 0.4) is 0 Å². The Morgan fingerprint density at radius 1 is 1.41 bits per heavy atom. The zero-order valence-electron chi connectivity index (χ0n) is 9.24. The quantitative estimate of drug-likeness (QED) is 0.836. The van der Waals surface area contributed by atoms with Gasteiger partial charge in [-0.25, -0.2) is 8.78 Å². The van der Waals surface area contributed by atoms with Crippen molar-refractivity contribution in [2.24, 2.45) is 5.73 Å². The Morgan fingerprint density at radius 2 is 2.06 bits per heavy atom. The van der Waals surface area contributed by atoms with Gasteiger partial charge >= 0.3 is 0 Å². The first-order valence-corrected chi connectivity index (χ1v) is 5.39. The van der Waals surface area contributed by atoms with Crippen molar-refractivity contribution < 1.29 is 13.6 Å². The second-order valence-electron chi connectivity index (χ2n) is 3.41. The third-order valence-electron chi connectivity index (χ3n) is 2.18. The molecule has 0 heterocycles. The van der Waals surface area contributed by atoms with Gasteiger partial charge < -0.3 is 10.6 Å². The number of nitrogens with two attached hydrogens (primary N) is 1. The largest absolute Gasteiger partial charge is 0.392 e. The van der Waals surface area contributed by atoms with Crippen LogP contribution < -0.4 is 5.73 Å². The Bertz CT molecular complexity index is 451. The van der Waals surface area contributed by atoms with E-state index < -0.39 is 17.5 Å². The van der Waals surface area contributed by atoms with Gasteiger partial charge in [0.2, 0.25) is 0 Å². The number of hydrogen-bond donors (Lipinski definition) is 1. The number of nitrogens with zero attached hydrogens (tertiary/aromatic N) is 1. The van der Waals surface area contributed by atoms with E-state index in [2.05, 4.69) is 0 Å². The summed E-state index contributed by atoms with van der Waals surface area (Å²) >= 11 is 4.70. The van der Waals surface area contributed by atoms with Crippen molar-refractivity contribution in [2.45, 2.75) is 6.92 Å². The van der Waals surface area contributed by atoms with Crippen molar-refractivity contribution in [1.82, 2.24) is 4.90 Å². The van der Waals surface area contributed by atoms with Crippen molar-refractivity contribution in [3.8, 4) is 0 Å². The van der Waals surface area contributed by atoms with Crippen molar-refractivity contribution in [3.05, 3.63) is 35.4 Å². The summed E-state index contributed by atoms with van der Waals surface area (Å²) in [5.41, 5.74) is 5.41. The number of amides is 1. The van der Waals surface area contributed by atoms with E-state index in [0.717, 1.165) is 12.1 Å². The molecule has 0 saturated carbocycles. The smallest absolute Gasteiger partial charge is 0.254 e. The molecule has 0 aliphatic carbocycles. The molecule has 1 aromatic carbocycles. The molecule has 0 aliphatic heterocycles. The van der Waals surface area contributed by atoms with E-state index in [1.165, 1.54) is 11.0 Å². The molecule has 0 aromatic heterocycles. The minimum absolute atomic E-state index is 0.0713. The predicted molar refractivity (Wildman–Crippen MR) is 64.7 cm³/mol. The van der Waals surface area contributed by atoms with E-state index in [0.29, 0.717) is 6.54 Å².